The molecule has 0 aliphatic rings. The Morgan fingerprint density at radius 3 is 2.65 bits per heavy atom. The summed E-state index contributed by atoms with van der Waals surface area (Å²) < 4.78 is 10.6. The fourth-order valence-electron chi connectivity index (χ4n) is 2.29. The standard InChI is InChI=1S/C18H15NO4/c1-11(20)10-22-18(21)14-9-16(17-8-7-12(2)23-17)19-15-6-4-3-5-13(14)15/h3-9H,10H2,1-2H3. The van der Waals surface area contributed by atoms with E-state index in [0.29, 0.717) is 27.9 Å². The fraction of sp³-hybridized carbons (Fsp3) is 0.167. The Balaban J connectivity index is 2.11. The van der Waals surface area contributed by atoms with Crippen molar-refractivity contribution in [2.24, 2.45) is 0 Å². The zero-order chi connectivity index (χ0) is 16.4. The maximum absolute atomic E-state index is 12.3. The number of hydrogen-bond acceptors (Lipinski definition) is 5. The number of carbonyl (C=O) groups is 2. The molecule has 0 fully saturated rings. The molecule has 2 heterocycles. The molecule has 0 spiro atoms. The smallest absolute Gasteiger partial charge is 0.339 e. The number of carbonyl (C=O) groups excluding carboxylic acids is 2. The van der Waals surface area contributed by atoms with Gasteiger partial charge in [-0.05, 0) is 38.1 Å². The van der Waals surface area contributed by atoms with Crippen molar-refractivity contribution >= 4 is 22.7 Å². The predicted molar refractivity (Wildman–Crippen MR) is 85.1 cm³/mol. The van der Waals surface area contributed by atoms with Crippen LogP contribution in [0.2, 0.25) is 0 Å². The molecule has 0 amide bonds. The molecule has 23 heavy (non-hydrogen) atoms. The second kappa shape index (κ2) is 6.04. The second-order valence-corrected chi connectivity index (χ2v) is 5.26. The maximum atomic E-state index is 12.3. The third kappa shape index (κ3) is 3.13. The van der Waals surface area contributed by atoms with Crippen molar-refractivity contribution in [2.75, 3.05) is 6.61 Å². The molecule has 0 bridgehead atoms. The number of benzene rings is 1. The topological polar surface area (TPSA) is 69.4 Å². The van der Waals surface area contributed by atoms with Crippen LogP contribution in [0.4, 0.5) is 0 Å². The first-order valence-electron chi connectivity index (χ1n) is 7.18. The summed E-state index contributed by atoms with van der Waals surface area (Å²) in [5.41, 5.74) is 1.57. The molecule has 0 saturated carbocycles. The monoisotopic (exact) mass is 309 g/mol. The number of nitrogens with zero attached hydrogens (tertiary/aromatic N) is 1. The van der Waals surface area contributed by atoms with E-state index in [-0.39, 0.29) is 12.4 Å². The number of ketones is 1. The van der Waals surface area contributed by atoms with E-state index in [0.717, 1.165) is 5.76 Å². The van der Waals surface area contributed by atoms with Crippen molar-refractivity contribution in [2.45, 2.75) is 13.8 Å². The number of furan rings is 1. The van der Waals surface area contributed by atoms with Crippen LogP contribution < -0.4 is 0 Å². The molecule has 5 nitrogen and oxygen atoms in total. The van der Waals surface area contributed by atoms with Crippen molar-refractivity contribution < 1.29 is 18.7 Å². The van der Waals surface area contributed by atoms with E-state index in [4.69, 9.17) is 9.15 Å². The van der Waals surface area contributed by atoms with Gasteiger partial charge in [0.15, 0.2) is 11.5 Å². The van der Waals surface area contributed by atoms with Gasteiger partial charge in [0.05, 0.1) is 11.1 Å². The Hall–Kier alpha value is -2.95. The van der Waals surface area contributed by atoms with Crippen molar-refractivity contribution in [1.82, 2.24) is 4.98 Å². The van der Waals surface area contributed by atoms with Gasteiger partial charge >= 0.3 is 5.97 Å². The van der Waals surface area contributed by atoms with E-state index in [1.807, 2.05) is 31.2 Å². The Bertz CT molecular complexity index is 895. The highest BCUT2D eigenvalue weighted by Gasteiger charge is 2.16. The average Bonchev–Trinajstić information content (AvgIpc) is 2.98. The Morgan fingerprint density at radius 1 is 1.17 bits per heavy atom. The lowest BCUT2D eigenvalue weighted by molar-refractivity contribution is -0.120. The molecule has 116 valence electrons. The van der Waals surface area contributed by atoms with Gasteiger partial charge in [-0.1, -0.05) is 18.2 Å². The largest absolute Gasteiger partial charge is 0.460 e. The number of aromatic nitrogens is 1. The number of Topliss-reactive ketones (excluding diaryl/α,β-unsaturated/α-hetero) is 1. The molecule has 0 aliphatic heterocycles. The molecular weight excluding hydrogens is 294 g/mol. The first-order valence-corrected chi connectivity index (χ1v) is 7.18. The van der Waals surface area contributed by atoms with E-state index < -0.39 is 5.97 Å². The van der Waals surface area contributed by atoms with Crippen LogP contribution in [-0.4, -0.2) is 23.3 Å². The summed E-state index contributed by atoms with van der Waals surface area (Å²) in [6, 6.07) is 12.5. The Morgan fingerprint density at radius 2 is 1.96 bits per heavy atom. The lowest BCUT2D eigenvalue weighted by Crippen LogP contribution is -2.12. The number of aryl methyl sites for hydroxylation is 1. The molecule has 1 aromatic carbocycles. The van der Waals surface area contributed by atoms with Gasteiger partial charge in [0, 0.05) is 5.39 Å². The predicted octanol–water partition coefficient (Wildman–Crippen LogP) is 3.55. The van der Waals surface area contributed by atoms with Gasteiger partial charge in [-0.15, -0.1) is 0 Å². The Labute approximate surface area is 132 Å². The summed E-state index contributed by atoms with van der Waals surface area (Å²) in [6.07, 6.45) is 0. The van der Waals surface area contributed by atoms with Gasteiger partial charge in [0.2, 0.25) is 0 Å². The summed E-state index contributed by atoms with van der Waals surface area (Å²) in [7, 11) is 0. The van der Waals surface area contributed by atoms with Crippen LogP contribution in [0, 0.1) is 6.92 Å². The number of rotatable bonds is 4. The third-order valence-corrected chi connectivity index (χ3v) is 3.34. The van der Waals surface area contributed by atoms with E-state index in [2.05, 4.69) is 4.98 Å². The molecule has 0 unspecified atom stereocenters. The highest BCUT2D eigenvalue weighted by molar-refractivity contribution is 6.05. The van der Waals surface area contributed by atoms with E-state index >= 15 is 0 Å². The number of para-hydroxylation sites is 1. The maximum Gasteiger partial charge on any atom is 0.339 e. The normalized spacial score (nSPS) is 10.7. The first-order chi connectivity index (χ1) is 11.0. The SMILES string of the molecule is CC(=O)COC(=O)c1cc(-c2ccc(C)o2)nc2ccccc12. The van der Waals surface area contributed by atoms with E-state index in [1.165, 1.54) is 6.92 Å². The minimum Gasteiger partial charge on any atom is -0.460 e. The van der Waals surface area contributed by atoms with Gasteiger partial charge in [-0.2, -0.15) is 0 Å². The first kappa shape index (κ1) is 15.0. The number of fused-ring (bicyclic) bond motifs is 1. The minimum atomic E-state index is -0.552. The van der Waals surface area contributed by atoms with Gasteiger partial charge in [-0.25, -0.2) is 9.78 Å². The highest BCUT2D eigenvalue weighted by atomic mass is 16.5. The quantitative estimate of drug-likeness (QED) is 0.689. The average molecular weight is 309 g/mol. The zero-order valence-corrected chi connectivity index (χ0v) is 12.8. The van der Waals surface area contributed by atoms with Crippen molar-refractivity contribution in [3.05, 3.63) is 53.8 Å². The molecular formula is C18H15NO4. The van der Waals surface area contributed by atoms with Gasteiger partial charge in [-0.3, -0.25) is 4.79 Å². The lowest BCUT2D eigenvalue weighted by atomic mass is 10.1. The summed E-state index contributed by atoms with van der Waals surface area (Å²) in [5, 5.41) is 0.674. The summed E-state index contributed by atoms with van der Waals surface area (Å²) in [4.78, 5) is 27.9. The van der Waals surface area contributed by atoms with Gasteiger partial charge in [0.25, 0.3) is 0 Å². The van der Waals surface area contributed by atoms with E-state index in [1.54, 1.807) is 18.2 Å². The highest BCUT2D eigenvalue weighted by Crippen LogP contribution is 2.26. The van der Waals surface area contributed by atoms with Crippen LogP contribution in [0.3, 0.4) is 0 Å². The summed E-state index contributed by atoms with van der Waals surface area (Å²) in [5.74, 6) is 0.575. The minimum absolute atomic E-state index is 0.210. The number of pyridine rings is 1. The molecule has 0 aliphatic carbocycles. The summed E-state index contributed by atoms with van der Waals surface area (Å²) >= 11 is 0. The molecule has 0 radical (unpaired) electrons. The van der Waals surface area contributed by atoms with Crippen LogP contribution in [0.1, 0.15) is 23.0 Å². The fourth-order valence-corrected chi connectivity index (χ4v) is 2.29. The molecule has 2 aromatic heterocycles. The number of ether oxygens (including phenoxy) is 1. The molecule has 0 atom stereocenters. The van der Waals surface area contributed by atoms with Crippen LogP contribution in [0.15, 0.2) is 46.9 Å². The van der Waals surface area contributed by atoms with Crippen LogP contribution in [-0.2, 0) is 9.53 Å². The lowest BCUT2D eigenvalue weighted by Gasteiger charge is -2.08. The molecule has 3 rings (SSSR count). The number of hydrogen-bond donors (Lipinski definition) is 0. The molecule has 3 aromatic rings. The summed E-state index contributed by atoms with van der Waals surface area (Å²) in [6.45, 7) is 2.96. The van der Waals surface area contributed by atoms with Gasteiger partial charge < -0.3 is 9.15 Å². The van der Waals surface area contributed by atoms with Crippen molar-refractivity contribution in [3.63, 3.8) is 0 Å². The Kier molecular flexibility index (Phi) is 3.93. The van der Waals surface area contributed by atoms with Gasteiger partial charge in [0.1, 0.15) is 18.1 Å². The van der Waals surface area contributed by atoms with Crippen LogP contribution in [0.25, 0.3) is 22.4 Å². The zero-order valence-electron chi connectivity index (χ0n) is 12.8. The van der Waals surface area contributed by atoms with E-state index in [9.17, 15) is 9.59 Å². The van der Waals surface area contributed by atoms with Crippen LogP contribution in [0.5, 0.6) is 0 Å². The molecule has 0 saturated heterocycles. The van der Waals surface area contributed by atoms with Crippen molar-refractivity contribution in [3.8, 4) is 11.5 Å². The van der Waals surface area contributed by atoms with Crippen LogP contribution >= 0.6 is 0 Å². The third-order valence-electron chi connectivity index (χ3n) is 3.34. The number of esters is 1. The second-order valence-electron chi connectivity index (χ2n) is 5.26. The molecule has 0 N–H and O–H groups in total. The molecule has 5 heteroatoms. The van der Waals surface area contributed by atoms with Crippen molar-refractivity contribution in [1.29, 1.82) is 0 Å².